The van der Waals surface area contributed by atoms with Gasteiger partial charge in [-0.15, -0.1) is 0 Å². The first kappa shape index (κ1) is 12.4. The van der Waals surface area contributed by atoms with Crippen molar-refractivity contribution in [3.05, 3.63) is 0 Å². The van der Waals surface area contributed by atoms with Gasteiger partial charge < -0.3 is 10.6 Å². The number of amides is 1. The zero-order valence-corrected chi connectivity index (χ0v) is 9.36. The molecule has 0 aliphatic heterocycles. The number of thiocarbonyl (C=S) groups is 1. The molecule has 0 heterocycles. The van der Waals surface area contributed by atoms with E-state index in [0.29, 0.717) is 18.0 Å². The number of hydrogen-bond acceptors (Lipinski definition) is 2. The molecular weight excluding hydrogens is 184 g/mol. The molecule has 1 unspecified atom stereocenters. The van der Waals surface area contributed by atoms with Crippen LogP contribution in [0.3, 0.4) is 0 Å². The van der Waals surface area contributed by atoms with Crippen molar-refractivity contribution >= 4 is 23.1 Å². The lowest BCUT2D eigenvalue weighted by atomic mass is 10.1. The van der Waals surface area contributed by atoms with Crippen molar-refractivity contribution < 1.29 is 4.79 Å². The Balaban J connectivity index is 3.89. The standard InChI is InChI=1S/C9H18N2OS/c1-4-7(2)9(12)11(3)6-5-8(10)13/h7H,4-6H2,1-3H3,(H2,10,13). The van der Waals surface area contributed by atoms with Gasteiger partial charge in [0.1, 0.15) is 0 Å². The van der Waals surface area contributed by atoms with Crippen LogP contribution in [0.2, 0.25) is 0 Å². The van der Waals surface area contributed by atoms with Crippen molar-refractivity contribution in [2.45, 2.75) is 26.7 Å². The lowest BCUT2D eigenvalue weighted by Crippen LogP contribution is -2.33. The fourth-order valence-electron chi connectivity index (χ4n) is 0.939. The van der Waals surface area contributed by atoms with E-state index >= 15 is 0 Å². The summed E-state index contributed by atoms with van der Waals surface area (Å²) in [5, 5.41) is 0. The van der Waals surface area contributed by atoms with Crippen molar-refractivity contribution in [2.75, 3.05) is 13.6 Å². The third-order valence-electron chi connectivity index (χ3n) is 2.10. The maximum Gasteiger partial charge on any atom is 0.225 e. The third kappa shape index (κ3) is 4.83. The van der Waals surface area contributed by atoms with Crippen LogP contribution in [0.4, 0.5) is 0 Å². The first-order valence-corrected chi connectivity index (χ1v) is 4.93. The molecule has 3 nitrogen and oxygen atoms in total. The topological polar surface area (TPSA) is 46.3 Å². The Hall–Kier alpha value is -0.640. The average molecular weight is 202 g/mol. The van der Waals surface area contributed by atoms with E-state index in [4.69, 9.17) is 18.0 Å². The minimum Gasteiger partial charge on any atom is -0.393 e. The van der Waals surface area contributed by atoms with Gasteiger partial charge in [0.2, 0.25) is 5.91 Å². The SMILES string of the molecule is CCC(C)C(=O)N(C)CCC(N)=S. The molecule has 0 radical (unpaired) electrons. The number of rotatable bonds is 5. The van der Waals surface area contributed by atoms with E-state index in [-0.39, 0.29) is 11.8 Å². The fraction of sp³-hybridized carbons (Fsp3) is 0.778. The van der Waals surface area contributed by atoms with Crippen LogP contribution in [-0.4, -0.2) is 29.4 Å². The van der Waals surface area contributed by atoms with Crippen LogP contribution in [0.1, 0.15) is 26.7 Å². The average Bonchev–Trinajstić information content (AvgIpc) is 2.11. The molecule has 1 amide bonds. The summed E-state index contributed by atoms with van der Waals surface area (Å²) in [7, 11) is 1.78. The van der Waals surface area contributed by atoms with Gasteiger partial charge >= 0.3 is 0 Å². The van der Waals surface area contributed by atoms with E-state index in [1.165, 1.54) is 0 Å². The molecule has 4 heteroatoms. The smallest absolute Gasteiger partial charge is 0.225 e. The van der Waals surface area contributed by atoms with E-state index in [2.05, 4.69) is 0 Å². The predicted molar refractivity (Wildman–Crippen MR) is 58.5 cm³/mol. The summed E-state index contributed by atoms with van der Waals surface area (Å²) in [6.07, 6.45) is 1.48. The van der Waals surface area contributed by atoms with Crippen LogP contribution in [0.15, 0.2) is 0 Å². The minimum atomic E-state index is 0.0938. The Kier molecular flexibility index (Phi) is 5.62. The maximum atomic E-state index is 11.5. The Bertz CT molecular complexity index is 194. The summed E-state index contributed by atoms with van der Waals surface area (Å²) >= 11 is 4.73. The Morgan fingerprint density at radius 3 is 2.54 bits per heavy atom. The van der Waals surface area contributed by atoms with Crippen molar-refractivity contribution in [1.82, 2.24) is 4.90 Å². The molecule has 2 N–H and O–H groups in total. The zero-order valence-electron chi connectivity index (χ0n) is 8.54. The molecule has 0 saturated heterocycles. The molecule has 0 spiro atoms. The maximum absolute atomic E-state index is 11.5. The highest BCUT2D eigenvalue weighted by Gasteiger charge is 2.14. The highest BCUT2D eigenvalue weighted by molar-refractivity contribution is 7.80. The number of carbonyl (C=O) groups excluding carboxylic acids is 1. The third-order valence-corrected chi connectivity index (χ3v) is 2.31. The second kappa shape index (κ2) is 5.91. The van der Waals surface area contributed by atoms with Gasteiger partial charge in [-0.3, -0.25) is 4.79 Å². The summed E-state index contributed by atoms with van der Waals surface area (Å²) in [6, 6.07) is 0. The molecule has 0 aliphatic rings. The van der Waals surface area contributed by atoms with Crippen LogP contribution in [0, 0.1) is 5.92 Å². The van der Waals surface area contributed by atoms with Crippen LogP contribution < -0.4 is 5.73 Å². The lowest BCUT2D eigenvalue weighted by molar-refractivity contribution is -0.133. The van der Waals surface area contributed by atoms with Gasteiger partial charge in [-0.05, 0) is 6.42 Å². The van der Waals surface area contributed by atoms with E-state index in [1.54, 1.807) is 11.9 Å². The van der Waals surface area contributed by atoms with E-state index in [9.17, 15) is 4.79 Å². The summed E-state index contributed by atoms with van der Waals surface area (Å²) in [4.78, 5) is 13.7. The van der Waals surface area contributed by atoms with Crippen molar-refractivity contribution in [3.8, 4) is 0 Å². The van der Waals surface area contributed by atoms with Gasteiger partial charge in [0.25, 0.3) is 0 Å². The summed E-state index contributed by atoms with van der Waals surface area (Å²) < 4.78 is 0. The Morgan fingerprint density at radius 2 is 2.15 bits per heavy atom. The summed E-state index contributed by atoms with van der Waals surface area (Å²) in [6.45, 7) is 4.56. The number of nitrogens with zero attached hydrogens (tertiary/aromatic N) is 1. The molecule has 0 aromatic carbocycles. The van der Waals surface area contributed by atoms with E-state index < -0.39 is 0 Å². The predicted octanol–water partition coefficient (Wildman–Crippen LogP) is 1.17. The molecule has 76 valence electrons. The molecule has 0 aromatic heterocycles. The quantitative estimate of drug-likeness (QED) is 0.681. The lowest BCUT2D eigenvalue weighted by Gasteiger charge is -2.20. The van der Waals surface area contributed by atoms with Crippen molar-refractivity contribution in [2.24, 2.45) is 11.7 Å². The second-order valence-electron chi connectivity index (χ2n) is 3.29. The first-order chi connectivity index (χ1) is 5.99. The van der Waals surface area contributed by atoms with Crippen LogP contribution in [-0.2, 0) is 4.79 Å². The van der Waals surface area contributed by atoms with Crippen molar-refractivity contribution in [3.63, 3.8) is 0 Å². The van der Waals surface area contributed by atoms with Crippen LogP contribution in [0.25, 0.3) is 0 Å². The van der Waals surface area contributed by atoms with E-state index in [1.807, 2.05) is 13.8 Å². The summed E-state index contributed by atoms with van der Waals surface area (Å²) in [5.74, 6) is 0.259. The molecule has 0 aromatic rings. The number of nitrogens with two attached hydrogens (primary N) is 1. The van der Waals surface area contributed by atoms with Crippen LogP contribution >= 0.6 is 12.2 Å². The molecule has 0 rings (SSSR count). The highest BCUT2D eigenvalue weighted by Crippen LogP contribution is 2.05. The van der Waals surface area contributed by atoms with Gasteiger partial charge in [-0.1, -0.05) is 26.1 Å². The second-order valence-corrected chi connectivity index (χ2v) is 3.81. The molecule has 13 heavy (non-hydrogen) atoms. The summed E-state index contributed by atoms with van der Waals surface area (Å²) in [5.41, 5.74) is 5.34. The number of hydrogen-bond donors (Lipinski definition) is 1. The first-order valence-electron chi connectivity index (χ1n) is 4.52. The minimum absolute atomic E-state index is 0.0938. The van der Waals surface area contributed by atoms with Gasteiger partial charge in [0.15, 0.2) is 0 Å². The molecular formula is C9H18N2OS. The normalized spacial score (nSPS) is 12.2. The molecule has 0 bridgehead atoms. The Morgan fingerprint density at radius 1 is 1.62 bits per heavy atom. The molecule has 0 saturated carbocycles. The van der Waals surface area contributed by atoms with Crippen LogP contribution in [0.5, 0.6) is 0 Å². The monoisotopic (exact) mass is 202 g/mol. The van der Waals surface area contributed by atoms with Gasteiger partial charge in [0.05, 0.1) is 4.99 Å². The molecule has 0 aliphatic carbocycles. The molecule has 0 fully saturated rings. The van der Waals surface area contributed by atoms with Crippen molar-refractivity contribution in [1.29, 1.82) is 0 Å². The molecule has 1 atom stereocenters. The van der Waals surface area contributed by atoms with Gasteiger partial charge in [-0.2, -0.15) is 0 Å². The fourth-order valence-corrected chi connectivity index (χ4v) is 1.03. The number of carbonyl (C=O) groups is 1. The van der Waals surface area contributed by atoms with E-state index in [0.717, 1.165) is 6.42 Å². The largest absolute Gasteiger partial charge is 0.393 e. The van der Waals surface area contributed by atoms with Gasteiger partial charge in [0, 0.05) is 25.9 Å². The van der Waals surface area contributed by atoms with Gasteiger partial charge in [-0.25, -0.2) is 0 Å². The Labute approximate surface area is 85.3 Å². The highest BCUT2D eigenvalue weighted by atomic mass is 32.1. The zero-order chi connectivity index (χ0) is 10.4.